The van der Waals surface area contributed by atoms with Gasteiger partial charge in [-0.05, 0) is 24.3 Å². The van der Waals surface area contributed by atoms with Gasteiger partial charge in [-0.2, -0.15) is 8.78 Å². The van der Waals surface area contributed by atoms with E-state index in [0.29, 0.717) is 0 Å². The summed E-state index contributed by atoms with van der Waals surface area (Å²) in [5, 5.41) is 0. The smallest absolute Gasteiger partial charge is 0.389 e. The first kappa shape index (κ1) is 15.3. The lowest BCUT2D eigenvalue weighted by atomic mass is 10.3. The molecule has 0 aromatic heterocycles. The maximum Gasteiger partial charge on any atom is 0.628 e. The van der Waals surface area contributed by atoms with Gasteiger partial charge < -0.3 is 9.05 Å². The van der Waals surface area contributed by atoms with E-state index in [1.165, 1.54) is 0 Å². The molecular weight excluding hydrogens is 318 g/mol. The van der Waals surface area contributed by atoms with Crippen LogP contribution in [0.5, 0.6) is 11.5 Å². The van der Waals surface area contributed by atoms with E-state index in [9.17, 15) is 26.3 Å². The molecule has 0 bridgehead atoms. The van der Waals surface area contributed by atoms with Gasteiger partial charge in [-0.25, -0.2) is 13.3 Å². The number of benzene rings is 2. The van der Waals surface area contributed by atoms with Crippen molar-refractivity contribution in [3.05, 3.63) is 59.7 Å². The van der Waals surface area contributed by atoms with Crippen molar-refractivity contribution in [2.75, 3.05) is 0 Å². The molecule has 0 fully saturated rings. The van der Waals surface area contributed by atoms with Crippen LogP contribution >= 0.6 is 7.91 Å². The van der Waals surface area contributed by atoms with Gasteiger partial charge in [0.15, 0.2) is 23.1 Å². The molecule has 0 aliphatic heterocycles. The van der Waals surface area contributed by atoms with Crippen molar-refractivity contribution in [1.82, 2.24) is 0 Å². The first-order valence-corrected chi connectivity index (χ1v) is 6.80. The average molecular weight is 324 g/mol. The molecule has 0 aliphatic rings. The highest BCUT2D eigenvalue weighted by atomic mass is 31.2. The fraction of sp³-hybridized carbons (Fsp3) is 0. The van der Waals surface area contributed by atoms with Crippen LogP contribution in [-0.2, 0) is 4.57 Å². The standard InChI is InChI=1S/C12H6F5O3P/c13-7-3-1-5-9(11(7)15)19-21(17,18)20-10-6-2-4-8(14)12(10)16/h1-6H. The summed E-state index contributed by atoms with van der Waals surface area (Å²) in [5.74, 6) is -8.00. The Morgan fingerprint density at radius 2 is 1.14 bits per heavy atom. The van der Waals surface area contributed by atoms with E-state index in [1.807, 2.05) is 0 Å². The molecule has 0 unspecified atom stereocenters. The van der Waals surface area contributed by atoms with Crippen molar-refractivity contribution >= 4 is 7.91 Å². The molecule has 2 aromatic rings. The molecule has 2 rings (SSSR count). The Balaban J connectivity index is 2.25. The molecule has 0 atom stereocenters. The summed E-state index contributed by atoms with van der Waals surface area (Å²) in [6.45, 7) is 0. The summed E-state index contributed by atoms with van der Waals surface area (Å²) < 4.78 is 85.4. The van der Waals surface area contributed by atoms with E-state index < -0.39 is 42.7 Å². The number of halogens is 5. The second-order valence-corrected chi connectivity index (χ2v) is 4.94. The van der Waals surface area contributed by atoms with Crippen molar-refractivity contribution in [3.8, 4) is 11.5 Å². The van der Waals surface area contributed by atoms with Gasteiger partial charge >= 0.3 is 7.91 Å². The van der Waals surface area contributed by atoms with Gasteiger partial charge in [0.05, 0.1) is 0 Å². The van der Waals surface area contributed by atoms with Gasteiger partial charge in [-0.3, -0.25) is 0 Å². The maximum absolute atomic E-state index is 13.6. The summed E-state index contributed by atoms with van der Waals surface area (Å²) in [6.07, 6.45) is 0. The average Bonchev–Trinajstić information content (AvgIpc) is 2.40. The van der Waals surface area contributed by atoms with E-state index in [4.69, 9.17) is 0 Å². The predicted molar refractivity (Wildman–Crippen MR) is 62.7 cm³/mol. The van der Waals surface area contributed by atoms with Gasteiger partial charge in [0.2, 0.25) is 11.6 Å². The van der Waals surface area contributed by atoms with Crippen molar-refractivity contribution in [1.29, 1.82) is 0 Å². The lowest BCUT2D eigenvalue weighted by molar-refractivity contribution is 0.318. The van der Waals surface area contributed by atoms with Crippen LogP contribution in [0.4, 0.5) is 21.8 Å². The number of hydrogen-bond acceptors (Lipinski definition) is 3. The van der Waals surface area contributed by atoms with Crippen LogP contribution in [0.1, 0.15) is 0 Å². The zero-order valence-corrected chi connectivity index (χ0v) is 10.9. The third-order valence-corrected chi connectivity index (χ3v) is 3.08. The van der Waals surface area contributed by atoms with E-state index in [0.717, 1.165) is 36.4 Å². The Labute approximate surface area is 115 Å². The molecule has 0 spiro atoms. The quantitative estimate of drug-likeness (QED) is 0.600. The summed E-state index contributed by atoms with van der Waals surface area (Å²) in [7, 11) is -5.54. The van der Waals surface area contributed by atoms with Gasteiger partial charge in [-0.1, -0.05) is 12.1 Å². The van der Waals surface area contributed by atoms with Gasteiger partial charge in [-0.15, -0.1) is 4.20 Å². The van der Waals surface area contributed by atoms with E-state index in [-0.39, 0.29) is 0 Å². The molecule has 2 aromatic carbocycles. The third-order valence-electron chi connectivity index (χ3n) is 2.25. The van der Waals surface area contributed by atoms with Crippen molar-refractivity contribution in [2.45, 2.75) is 0 Å². The lowest BCUT2D eigenvalue weighted by Crippen LogP contribution is -2.01. The van der Waals surface area contributed by atoms with Crippen molar-refractivity contribution in [2.24, 2.45) is 0 Å². The van der Waals surface area contributed by atoms with E-state index >= 15 is 0 Å². The molecule has 0 amide bonds. The Hall–Kier alpha value is -2.08. The molecule has 0 aliphatic carbocycles. The van der Waals surface area contributed by atoms with Crippen LogP contribution in [0.2, 0.25) is 0 Å². The predicted octanol–water partition coefficient (Wildman–Crippen LogP) is 4.78. The van der Waals surface area contributed by atoms with Crippen molar-refractivity contribution < 1.29 is 35.4 Å². The zero-order chi connectivity index (χ0) is 15.6. The molecular formula is C12H6F5O3P. The molecule has 9 heteroatoms. The minimum Gasteiger partial charge on any atom is -0.389 e. The van der Waals surface area contributed by atoms with E-state index in [2.05, 4.69) is 9.05 Å². The van der Waals surface area contributed by atoms with Gasteiger partial charge in [0, 0.05) is 0 Å². The van der Waals surface area contributed by atoms with Crippen LogP contribution in [0.15, 0.2) is 36.4 Å². The number of hydrogen-bond donors (Lipinski definition) is 0. The molecule has 0 saturated carbocycles. The van der Waals surface area contributed by atoms with Crippen LogP contribution in [-0.4, -0.2) is 0 Å². The monoisotopic (exact) mass is 324 g/mol. The SMILES string of the molecule is O=P(F)(Oc1cccc(F)c1F)Oc1cccc(F)c1F. The third kappa shape index (κ3) is 3.52. The summed E-state index contributed by atoms with van der Waals surface area (Å²) in [5.41, 5.74) is 0. The first-order chi connectivity index (χ1) is 9.80. The van der Waals surface area contributed by atoms with Crippen LogP contribution < -0.4 is 9.05 Å². The minimum absolute atomic E-state index is 0.721. The van der Waals surface area contributed by atoms with Gasteiger partial charge in [0.25, 0.3) is 0 Å². The Bertz CT molecular complexity index is 665. The first-order valence-electron chi connectivity index (χ1n) is 5.37. The molecule has 0 N–H and O–H groups in total. The molecule has 112 valence electrons. The minimum atomic E-state index is -5.54. The largest absolute Gasteiger partial charge is 0.628 e. The normalized spacial score (nSPS) is 11.3. The molecule has 0 heterocycles. The highest BCUT2D eigenvalue weighted by Crippen LogP contribution is 2.51. The van der Waals surface area contributed by atoms with Gasteiger partial charge in [0.1, 0.15) is 0 Å². The Morgan fingerprint density at radius 3 is 1.52 bits per heavy atom. The Morgan fingerprint density at radius 1 is 0.762 bits per heavy atom. The highest BCUT2D eigenvalue weighted by Gasteiger charge is 2.32. The molecule has 21 heavy (non-hydrogen) atoms. The second-order valence-electron chi connectivity index (χ2n) is 3.72. The Kier molecular flexibility index (Phi) is 4.18. The van der Waals surface area contributed by atoms with Crippen molar-refractivity contribution in [3.63, 3.8) is 0 Å². The van der Waals surface area contributed by atoms with Crippen LogP contribution in [0.3, 0.4) is 0 Å². The highest BCUT2D eigenvalue weighted by molar-refractivity contribution is 7.48. The fourth-order valence-electron chi connectivity index (χ4n) is 1.36. The summed E-state index contributed by atoms with van der Waals surface area (Å²) in [4.78, 5) is 0. The fourth-order valence-corrected chi connectivity index (χ4v) is 2.15. The maximum atomic E-state index is 13.6. The molecule has 3 nitrogen and oxygen atoms in total. The van der Waals surface area contributed by atoms with E-state index in [1.54, 1.807) is 0 Å². The summed E-state index contributed by atoms with van der Waals surface area (Å²) in [6, 6.07) is 4.95. The summed E-state index contributed by atoms with van der Waals surface area (Å²) >= 11 is 0. The second kappa shape index (κ2) is 5.73. The molecule has 0 radical (unpaired) electrons. The zero-order valence-electron chi connectivity index (χ0n) is 10.0. The molecule has 0 saturated heterocycles. The topological polar surface area (TPSA) is 35.5 Å². The van der Waals surface area contributed by atoms with Crippen LogP contribution in [0.25, 0.3) is 0 Å². The van der Waals surface area contributed by atoms with Crippen LogP contribution in [0, 0.1) is 23.3 Å². The number of rotatable bonds is 4. The lowest BCUT2D eigenvalue weighted by Gasteiger charge is -2.13.